The van der Waals surface area contributed by atoms with Crippen LogP contribution in [0.3, 0.4) is 0 Å². The summed E-state index contributed by atoms with van der Waals surface area (Å²) >= 11 is 0. The normalized spacial score (nSPS) is 21.6. The Balaban J connectivity index is 1.93. The molecule has 1 amide bonds. The van der Waals surface area contributed by atoms with Gasteiger partial charge in [0.15, 0.2) is 0 Å². The van der Waals surface area contributed by atoms with Gasteiger partial charge in [-0.15, -0.1) is 0 Å². The van der Waals surface area contributed by atoms with Crippen molar-refractivity contribution in [2.45, 2.75) is 32.4 Å². The van der Waals surface area contributed by atoms with Gasteiger partial charge in [0.2, 0.25) is 11.7 Å². The van der Waals surface area contributed by atoms with E-state index in [0.29, 0.717) is 18.5 Å². The molecule has 3 rings (SSSR count). The fourth-order valence-corrected chi connectivity index (χ4v) is 3.23. The van der Waals surface area contributed by atoms with E-state index in [-0.39, 0.29) is 11.7 Å². The molecule has 0 atom stereocenters. The van der Waals surface area contributed by atoms with E-state index in [0.717, 1.165) is 32.1 Å². The van der Waals surface area contributed by atoms with E-state index in [9.17, 15) is 18.0 Å². The molecule has 0 unspecified atom stereocenters. The van der Waals surface area contributed by atoms with Crippen molar-refractivity contribution in [2.24, 2.45) is 5.41 Å². The summed E-state index contributed by atoms with van der Waals surface area (Å²) in [5.74, 6) is -1.22. The Morgan fingerprint density at radius 1 is 1.27 bits per heavy atom. The minimum Gasteiger partial charge on any atom is -0.317 e. The van der Waals surface area contributed by atoms with Gasteiger partial charge in [-0.2, -0.15) is 13.2 Å². The van der Waals surface area contributed by atoms with Crippen LogP contribution in [0.25, 0.3) is 0 Å². The molecule has 0 aromatic carbocycles. The molecule has 2 aliphatic heterocycles. The van der Waals surface area contributed by atoms with Crippen LogP contribution in [-0.2, 0) is 11.0 Å². The quantitative estimate of drug-likeness (QED) is 0.860. The zero-order valence-electron chi connectivity index (χ0n) is 12.2. The number of anilines is 1. The Labute approximate surface area is 125 Å². The minimum absolute atomic E-state index is 0.0859. The molecule has 1 N–H and O–H groups in total. The van der Waals surface area contributed by atoms with Crippen LogP contribution in [0.1, 0.15) is 30.7 Å². The summed E-state index contributed by atoms with van der Waals surface area (Å²) in [6, 6.07) is 0. The number of nitrogens with one attached hydrogen (secondary N) is 1. The second-order valence-corrected chi connectivity index (χ2v) is 5.94. The third-order valence-corrected chi connectivity index (χ3v) is 4.53. The van der Waals surface area contributed by atoms with Crippen LogP contribution < -0.4 is 10.2 Å². The largest absolute Gasteiger partial charge is 0.451 e. The van der Waals surface area contributed by atoms with Gasteiger partial charge in [0.05, 0.1) is 5.41 Å². The van der Waals surface area contributed by atoms with Crippen molar-refractivity contribution in [1.29, 1.82) is 0 Å². The maximum Gasteiger partial charge on any atom is 0.451 e. The van der Waals surface area contributed by atoms with E-state index in [2.05, 4.69) is 15.3 Å². The number of amides is 1. The topological polar surface area (TPSA) is 58.1 Å². The van der Waals surface area contributed by atoms with Crippen LogP contribution in [0.5, 0.6) is 0 Å². The van der Waals surface area contributed by atoms with E-state index in [4.69, 9.17) is 0 Å². The molecular formula is C14H17F3N4O. The number of aryl methyl sites for hydroxylation is 1. The van der Waals surface area contributed by atoms with Gasteiger partial charge in [0, 0.05) is 18.3 Å². The molecule has 0 aliphatic carbocycles. The van der Waals surface area contributed by atoms with E-state index in [1.807, 2.05) is 0 Å². The molecule has 120 valence electrons. The Hall–Kier alpha value is -1.70. The first-order valence-electron chi connectivity index (χ1n) is 7.27. The summed E-state index contributed by atoms with van der Waals surface area (Å²) in [5, 5.41) is 3.21. The number of carbonyl (C=O) groups excluding carboxylic acids is 1. The van der Waals surface area contributed by atoms with Crippen molar-refractivity contribution in [3.05, 3.63) is 17.6 Å². The van der Waals surface area contributed by atoms with Crippen molar-refractivity contribution in [3.8, 4) is 0 Å². The molecule has 5 nitrogen and oxygen atoms in total. The number of hydrogen-bond donors (Lipinski definition) is 1. The van der Waals surface area contributed by atoms with Gasteiger partial charge in [-0.1, -0.05) is 0 Å². The van der Waals surface area contributed by atoms with Crippen molar-refractivity contribution in [3.63, 3.8) is 0 Å². The number of piperidine rings is 1. The van der Waals surface area contributed by atoms with Crippen LogP contribution in [0, 0.1) is 12.3 Å². The number of carbonyl (C=O) groups is 1. The third kappa shape index (κ3) is 2.45. The zero-order chi connectivity index (χ0) is 16.0. The molecule has 1 spiro atoms. The second-order valence-electron chi connectivity index (χ2n) is 5.94. The number of aromatic nitrogens is 2. The summed E-state index contributed by atoms with van der Waals surface area (Å²) in [7, 11) is 0. The predicted molar refractivity (Wildman–Crippen MR) is 73.3 cm³/mol. The van der Waals surface area contributed by atoms with Crippen molar-refractivity contribution in [2.75, 3.05) is 24.5 Å². The van der Waals surface area contributed by atoms with Crippen LogP contribution in [-0.4, -0.2) is 35.5 Å². The molecule has 2 fully saturated rings. The molecule has 1 aromatic heterocycles. The number of nitrogens with zero attached hydrogens (tertiary/aromatic N) is 3. The molecule has 1 aromatic rings. The second kappa shape index (κ2) is 5.19. The Kier molecular flexibility index (Phi) is 3.58. The standard InChI is InChI=1S/C14H17F3N4O/c1-9-8-19-11(14(15,16)17)20-10(9)21-7-4-13(12(21)22)2-5-18-6-3-13/h8,18H,2-7H2,1H3. The molecule has 2 aliphatic rings. The lowest BCUT2D eigenvalue weighted by molar-refractivity contribution is -0.145. The average molecular weight is 314 g/mol. The fourth-order valence-electron chi connectivity index (χ4n) is 3.23. The van der Waals surface area contributed by atoms with Crippen molar-refractivity contribution in [1.82, 2.24) is 15.3 Å². The van der Waals surface area contributed by atoms with Gasteiger partial charge in [-0.05, 0) is 39.3 Å². The molecule has 0 saturated carbocycles. The summed E-state index contributed by atoms with van der Waals surface area (Å²) in [6.07, 6.45) is -1.38. The zero-order valence-corrected chi connectivity index (χ0v) is 12.2. The van der Waals surface area contributed by atoms with Crippen molar-refractivity contribution < 1.29 is 18.0 Å². The lowest BCUT2D eigenvalue weighted by Gasteiger charge is -2.32. The van der Waals surface area contributed by atoms with Gasteiger partial charge in [0.1, 0.15) is 5.82 Å². The highest BCUT2D eigenvalue weighted by molar-refractivity contribution is 5.99. The fraction of sp³-hybridized carbons (Fsp3) is 0.643. The lowest BCUT2D eigenvalue weighted by Crippen LogP contribution is -2.43. The smallest absolute Gasteiger partial charge is 0.317 e. The Morgan fingerprint density at radius 3 is 2.59 bits per heavy atom. The van der Waals surface area contributed by atoms with E-state index < -0.39 is 17.4 Å². The maximum absolute atomic E-state index is 12.8. The molecular weight excluding hydrogens is 297 g/mol. The van der Waals surface area contributed by atoms with Crippen LogP contribution in [0.15, 0.2) is 6.20 Å². The van der Waals surface area contributed by atoms with Crippen LogP contribution in [0.2, 0.25) is 0 Å². The monoisotopic (exact) mass is 314 g/mol. The van der Waals surface area contributed by atoms with Crippen molar-refractivity contribution >= 4 is 11.7 Å². The average Bonchev–Trinajstić information content (AvgIpc) is 2.77. The Bertz CT molecular complexity index is 596. The molecule has 2 saturated heterocycles. The van der Waals surface area contributed by atoms with E-state index in [1.54, 1.807) is 6.92 Å². The lowest BCUT2D eigenvalue weighted by atomic mass is 9.78. The van der Waals surface area contributed by atoms with Gasteiger partial charge < -0.3 is 5.32 Å². The first kappa shape index (κ1) is 15.2. The van der Waals surface area contributed by atoms with Gasteiger partial charge in [0.25, 0.3) is 0 Å². The highest BCUT2D eigenvalue weighted by atomic mass is 19.4. The highest BCUT2D eigenvalue weighted by Crippen LogP contribution is 2.42. The van der Waals surface area contributed by atoms with E-state index in [1.165, 1.54) is 4.90 Å². The number of alkyl halides is 3. The summed E-state index contributed by atoms with van der Waals surface area (Å²) < 4.78 is 38.4. The number of halogens is 3. The van der Waals surface area contributed by atoms with Crippen LogP contribution in [0.4, 0.5) is 19.0 Å². The molecule has 22 heavy (non-hydrogen) atoms. The third-order valence-electron chi connectivity index (χ3n) is 4.53. The molecule has 8 heteroatoms. The Morgan fingerprint density at radius 2 is 1.95 bits per heavy atom. The van der Waals surface area contributed by atoms with E-state index >= 15 is 0 Å². The SMILES string of the molecule is Cc1cnc(C(F)(F)F)nc1N1CCC2(CCNCC2)C1=O. The highest BCUT2D eigenvalue weighted by Gasteiger charge is 2.48. The van der Waals surface area contributed by atoms with Gasteiger partial charge in [-0.25, -0.2) is 9.97 Å². The summed E-state index contributed by atoms with van der Waals surface area (Å²) in [4.78, 5) is 21.1. The molecule has 0 radical (unpaired) electrons. The summed E-state index contributed by atoms with van der Waals surface area (Å²) in [6.45, 7) is 3.55. The number of hydrogen-bond acceptors (Lipinski definition) is 4. The van der Waals surface area contributed by atoms with Crippen LogP contribution >= 0.6 is 0 Å². The van der Waals surface area contributed by atoms with Gasteiger partial charge >= 0.3 is 6.18 Å². The molecule has 0 bridgehead atoms. The first-order valence-corrected chi connectivity index (χ1v) is 7.27. The summed E-state index contributed by atoms with van der Waals surface area (Å²) in [5.41, 5.74) is 0.0356. The predicted octanol–water partition coefficient (Wildman–Crippen LogP) is 1.91. The molecule has 3 heterocycles. The number of rotatable bonds is 1. The maximum atomic E-state index is 12.8. The van der Waals surface area contributed by atoms with Gasteiger partial charge in [-0.3, -0.25) is 9.69 Å². The first-order chi connectivity index (χ1) is 10.3. The minimum atomic E-state index is -4.61.